The van der Waals surface area contributed by atoms with Crippen molar-refractivity contribution in [3.8, 4) is 5.75 Å². The largest absolute Gasteiger partial charge is 0.497 e. The zero-order valence-electron chi connectivity index (χ0n) is 12.9. The van der Waals surface area contributed by atoms with Crippen LogP contribution in [-0.2, 0) is 14.2 Å². The van der Waals surface area contributed by atoms with Crippen molar-refractivity contribution in [2.75, 3.05) is 28.4 Å². The molecule has 1 aliphatic rings. The van der Waals surface area contributed by atoms with Crippen LogP contribution in [0.15, 0.2) is 36.1 Å². The third-order valence-corrected chi connectivity index (χ3v) is 5.52. The molecule has 0 saturated carbocycles. The first-order valence-electron chi connectivity index (χ1n) is 6.58. The van der Waals surface area contributed by atoms with Crippen molar-refractivity contribution in [2.24, 2.45) is 0 Å². The van der Waals surface area contributed by atoms with E-state index in [-0.39, 0.29) is 3.92 Å². The molecule has 22 heavy (non-hydrogen) atoms. The fraction of sp³-hybridized carbons (Fsp3) is 0.375. The van der Waals surface area contributed by atoms with Gasteiger partial charge in [-0.25, -0.2) is 0 Å². The second kappa shape index (κ2) is 7.50. The average Bonchev–Trinajstić information content (AvgIpc) is 2.55. The lowest BCUT2D eigenvalue weighted by Gasteiger charge is -2.34. The van der Waals surface area contributed by atoms with Crippen LogP contribution in [0.5, 0.6) is 5.75 Å². The van der Waals surface area contributed by atoms with Crippen LogP contribution < -0.4 is 4.74 Å². The summed E-state index contributed by atoms with van der Waals surface area (Å²) in [6.07, 6.45) is 4.00. The number of alkyl halides is 1. The lowest BCUT2D eigenvalue weighted by Crippen LogP contribution is -2.38. The van der Waals surface area contributed by atoms with E-state index in [1.807, 2.05) is 24.3 Å². The predicted octanol–water partition coefficient (Wildman–Crippen LogP) is 4.02. The molecule has 0 heterocycles. The Morgan fingerprint density at radius 1 is 1.05 bits per heavy atom. The summed E-state index contributed by atoms with van der Waals surface area (Å²) in [5.74, 6) is 0.506. The molecule has 120 valence electrons. The fourth-order valence-electron chi connectivity index (χ4n) is 2.39. The predicted molar refractivity (Wildman–Crippen MR) is 103 cm³/mol. The zero-order valence-corrected chi connectivity index (χ0v) is 17.2. The van der Waals surface area contributed by atoms with Crippen LogP contribution >= 0.6 is 45.2 Å². The Bertz CT molecular complexity index is 606. The number of hydrogen-bond acceptors (Lipinski definition) is 4. The second-order valence-corrected chi connectivity index (χ2v) is 7.16. The van der Waals surface area contributed by atoms with Gasteiger partial charge in [0.2, 0.25) is 5.79 Å². The standard InChI is InChI=1S/C16H18I2O4/c1-19-10-5-6-11(13(17)7-10)12-9-16(21-3,22-4)15(20-2)8-14(12)18/h5-9,14H,1-4H3. The number of hydrogen-bond donors (Lipinski definition) is 0. The van der Waals surface area contributed by atoms with Gasteiger partial charge in [0, 0.05) is 17.8 Å². The lowest BCUT2D eigenvalue weighted by molar-refractivity contribution is -0.165. The van der Waals surface area contributed by atoms with Crippen LogP contribution in [0, 0.1) is 3.57 Å². The molecule has 0 fully saturated rings. The second-order valence-electron chi connectivity index (χ2n) is 4.66. The zero-order chi connectivity index (χ0) is 16.3. The van der Waals surface area contributed by atoms with Gasteiger partial charge in [0.1, 0.15) is 5.75 Å². The maximum Gasteiger partial charge on any atom is 0.247 e. The quantitative estimate of drug-likeness (QED) is 0.329. The van der Waals surface area contributed by atoms with Gasteiger partial charge in [-0.05, 0) is 64.1 Å². The minimum atomic E-state index is -0.991. The highest BCUT2D eigenvalue weighted by molar-refractivity contribution is 14.1. The van der Waals surface area contributed by atoms with E-state index >= 15 is 0 Å². The molecular formula is C16H18I2O4. The molecule has 2 rings (SSSR count). The molecule has 0 radical (unpaired) electrons. The van der Waals surface area contributed by atoms with E-state index in [4.69, 9.17) is 18.9 Å². The van der Waals surface area contributed by atoms with E-state index in [0.717, 1.165) is 20.5 Å². The first-order valence-corrected chi connectivity index (χ1v) is 8.91. The van der Waals surface area contributed by atoms with E-state index in [2.05, 4.69) is 51.2 Å². The van der Waals surface area contributed by atoms with Crippen molar-refractivity contribution in [3.05, 3.63) is 45.2 Å². The topological polar surface area (TPSA) is 36.9 Å². The first-order chi connectivity index (χ1) is 10.5. The van der Waals surface area contributed by atoms with Crippen LogP contribution in [-0.4, -0.2) is 38.2 Å². The molecule has 6 heteroatoms. The van der Waals surface area contributed by atoms with E-state index in [1.54, 1.807) is 28.4 Å². The first kappa shape index (κ1) is 18.0. The van der Waals surface area contributed by atoms with Crippen molar-refractivity contribution < 1.29 is 18.9 Å². The highest BCUT2D eigenvalue weighted by Crippen LogP contribution is 2.40. The minimum absolute atomic E-state index is 0.160. The Morgan fingerprint density at radius 2 is 1.73 bits per heavy atom. The van der Waals surface area contributed by atoms with Crippen LogP contribution in [0.4, 0.5) is 0 Å². The van der Waals surface area contributed by atoms with Gasteiger partial charge >= 0.3 is 0 Å². The van der Waals surface area contributed by atoms with Crippen molar-refractivity contribution in [3.63, 3.8) is 0 Å². The summed E-state index contributed by atoms with van der Waals surface area (Å²) in [6.45, 7) is 0. The molecule has 1 aromatic carbocycles. The summed E-state index contributed by atoms with van der Waals surface area (Å²) in [5.41, 5.74) is 2.25. The van der Waals surface area contributed by atoms with Gasteiger partial charge < -0.3 is 18.9 Å². The Morgan fingerprint density at radius 3 is 2.23 bits per heavy atom. The number of allylic oxidation sites excluding steroid dienone is 2. The van der Waals surface area contributed by atoms with Gasteiger partial charge in [-0.1, -0.05) is 22.6 Å². The number of ether oxygens (including phenoxy) is 4. The third kappa shape index (κ3) is 3.29. The molecule has 4 nitrogen and oxygen atoms in total. The van der Waals surface area contributed by atoms with Gasteiger partial charge in [-0.2, -0.15) is 0 Å². The number of methoxy groups -OCH3 is 4. The van der Waals surface area contributed by atoms with Gasteiger partial charge in [-0.3, -0.25) is 0 Å². The maximum atomic E-state index is 5.59. The van der Waals surface area contributed by atoms with Crippen molar-refractivity contribution in [2.45, 2.75) is 9.71 Å². The number of rotatable bonds is 5. The van der Waals surface area contributed by atoms with Crippen molar-refractivity contribution >= 4 is 50.8 Å². The molecule has 1 aromatic rings. The van der Waals surface area contributed by atoms with Gasteiger partial charge in [0.15, 0.2) is 5.76 Å². The van der Waals surface area contributed by atoms with Gasteiger partial charge in [0.25, 0.3) is 0 Å². The Labute approximate surface area is 158 Å². The van der Waals surface area contributed by atoms with E-state index < -0.39 is 5.79 Å². The van der Waals surface area contributed by atoms with Crippen LogP contribution in [0.1, 0.15) is 5.56 Å². The molecule has 0 aliphatic heterocycles. The van der Waals surface area contributed by atoms with Crippen molar-refractivity contribution in [1.82, 2.24) is 0 Å². The Balaban J connectivity index is 2.53. The third-order valence-electron chi connectivity index (χ3n) is 3.60. The van der Waals surface area contributed by atoms with Crippen LogP contribution in [0.3, 0.4) is 0 Å². The van der Waals surface area contributed by atoms with Crippen LogP contribution in [0.25, 0.3) is 5.57 Å². The monoisotopic (exact) mass is 528 g/mol. The summed E-state index contributed by atoms with van der Waals surface area (Å²) in [6, 6.07) is 6.02. The number of benzene rings is 1. The summed E-state index contributed by atoms with van der Waals surface area (Å²) in [4.78, 5) is 0. The smallest absolute Gasteiger partial charge is 0.247 e. The fourth-order valence-corrected chi connectivity index (χ4v) is 4.03. The molecule has 1 atom stereocenters. The average molecular weight is 528 g/mol. The highest BCUT2D eigenvalue weighted by Gasteiger charge is 2.39. The molecule has 0 spiro atoms. The number of halogens is 2. The lowest BCUT2D eigenvalue weighted by atomic mass is 9.93. The maximum absolute atomic E-state index is 5.59. The summed E-state index contributed by atoms with van der Waals surface area (Å²) < 4.78 is 23.2. The molecule has 0 saturated heterocycles. The Hall–Kier alpha value is -0.320. The highest BCUT2D eigenvalue weighted by atomic mass is 127. The van der Waals surface area contributed by atoms with Crippen molar-refractivity contribution in [1.29, 1.82) is 0 Å². The van der Waals surface area contributed by atoms with Crippen LogP contribution in [0.2, 0.25) is 0 Å². The minimum Gasteiger partial charge on any atom is -0.497 e. The normalized spacial score (nSPS) is 20.2. The molecule has 1 unspecified atom stereocenters. The SMILES string of the molecule is COC1=CC(I)C(c2ccc(OC)cc2I)=CC1(OC)OC. The molecule has 0 amide bonds. The van der Waals surface area contributed by atoms with Gasteiger partial charge in [0.05, 0.1) is 18.1 Å². The molecular weight excluding hydrogens is 510 g/mol. The molecule has 0 bridgehead atoms. The molecule has 1 aliphatic carbocycles. The van der Waals surface area contributed by atoms with E-state index in [0.29, 0.717) is 5.76 Å². The van der Waals surface area contributed by atoms with E-state index in [9.17, 15) is 0 Å². The summed E-state index contributed by atoms with van der Waals surface area (Å²) >= 11 is 4.69. The Kier molecular flexibility index (Phi) is 6.14. The molecule has 0 aromatic heterocycles. The summed E-state index contributed by atoms with van der Waals surface area (Å²) in [7, 11) is 6.51. The molecule has 0 N–H and O–H groups in total. The summed E-state index contributed by atoms with van der Waals surface area (Å²) in [5, 5.41) is 0. The van der Waals surface area contributed by atoms with Gasteiger partial charge in [-0.15, -0.1) is 0 Å². The van der Waals surface area contributed by atoms with E-state index in [1.165, 1.54) is 0 Å².